The van der Waals surface area contributed by atoms with Gasteiger partial charge in [-0.05, 0) is 19.1 Å². The van der Waals surface area contributed by atoms with Crippen LogP contribution in [0.15, 0.2) is 24.3 Å². The average molecular weight is 300 g/mol. The topological polar surface area (TPSA) is 104 Å². The Morgan fingerprint density at radius 2 is 1.90 bits per heavy atom. The van der Waals surface area contributed by atoms with Crippen molar-refractivity contribution in [1.82, 2.24) is 4.90 Å². The second-order valence-electron chi connectivity index (χ2n) is 4.13. The number of benzene rings is 1. The fourth-order valence-corrected chi connectivity index (χ4v) is 2.20. The maximum atomic E-state index is 12.2. The van der Waals surface area contributed by atoms with Crippen LogP contribution in [0.2, 0.25) is 0 Å². The molecule has 1 rings (SSSR count). The van der Waals surface area contributed by atoms with Gasteiger partial charge in [-0.2, -0.15) is 0 Å². The van der Waals surface area contributed by atoms with Crippen LogP contribution in [0, 0.1) is 0 Å². The average Bonchev–Trinajstić information content (AvgIpc) is 2.33. The molecule has 0 radical (unpaired) electrons. The summed E-state index contributed by atoms with van der Waals surface area (Å²) in [5.41, 5.74) is 0.241. The summed E-state index contributed by atoms with van der Waals surface area (Å²) in [6, 6.07) is 6.05. The molecule has 0 bridgehead atoms. The van der Waals surface area contributed by atoms with E-state index >= 15 is 0 Å². The number of carboxylic acids is 1. The van der Waals surface area contributed by atoms with Gasteiger partial charge in [-0.15, -0.1) is 0 Å². The van der Waals surface area contributed by atoms with E-state index in [1.165, 1.54) is 12.1 Å². The first-order valence-electron chi connectivity index (χ1n) is 5.82. The Labute approximate surface area is 117 Å². The van der Waals surface area contributed by atoms with Gasteiger partial charge in [0.25, 0.3) is 5.91 Å². The van der Waals surface area contributed by atoms with Crippen LogP contribution in [0.5, 0.6) is 0 Å². The molecular weight excluding hydrogens is 284 g/mol. The molecular formula is C12H16N2O5S. The summed E-state index contributed by atoms with van der Waals surface area (Å²) >= 11 is 0. The molecule has 20 heavy (non-hydrogen) atoms. The third-order valence-electron chi connectivity index (χ3n) is 2.45. The van der Waals surface area contributed by atoms with Crippen LogP contribution in [0.25, 0.3) is 0 Å². The molecule has 0 saturated carbocycles. The number of carboxylic acid groups (broad SMARTS) is 1. The Kier molecular flexibility index (Phi) is 5.09. The molecule has 0 aliphatic heterocycles. The van der Waals surface area contributed by atoms with Gasteiger partial charge in [0.15, 0.2) is 0 Å². The lowest BCUT2D eigenvalue weighted by Gasteiger charge is -2.20. The van der Waals surface area contributed by atoms with E-state index in [0.717, 1.165) is 11.2 Å². The molecule has 110 valence electrons. The summed E-state index contributed by atoms with van der Waals surface area (Å²) in [6.07, 6.45) is 0.975. The van der Waals surface area contributed by atoms with E-state index < -0.39 is 28.4 Å². The van der Waals surface area contributed by atoms with Crippen molar-refractivity contribution in [2.45, 2.75) is 6.92 Å². The highest BCUT2D eigenvalue weighted by Crippen LogP contribution is 2.18. The van der Waals surface area contributed by atoms with Crippen LogP contribution in [-0.4, -0.2) is 49.6 Å². The van der Waals surface area contributed by atoms with Gasteiger partial charge in [-0.1, -0.05) is 12.1 Å². The molecule has 0 spiro atoms. The number of anilines is 1. The van der Waals surface area contributed by atoms with Gasteiger partial charge >= 0.3 is 5.97 Å². The minimum Gasteiger partial charge on any atom is -0.480 e. The summed E-state index contributed by atoms with van der Waals surface area (Å²) < 4.78 is 24.8. The summed E-state index contributed by atoms with van der Waals surface area (Å²) in [5, 5.41) is 8.76. The van der Waals surface area contributed by atoms with E-state index in [-0.39, 0.29) is 17.8 Å². The van der Waals surface area contributed by atoms with E-state index in [0.29, 0.717) is 0 Å². The third-order valence-corrected chi connectivity index (χ3v) is 3.04. The maximum Gasteiger partial charge on any atom is 0.323 e. The summed E-state index contributed by atoms with van der Waals surface area (Å²) in [4.78, 5) is 24.1. The normalized spacial score (nSPS) is 10.9. The van der Waals surface area contributed by atoms with Crippen molar-refractivity contribution >= 4 is 27.6 Å². The Morgan fingerprint density at radius 3 is 2.40 bits per heavy atom. The molecule has 1 amide bonds. The monoisotopic (exact) mass is 300 g/mol. The number of carbonyl (C=O) groups excluding carboxylic acids is 1. The van der Waals surface area contributed by atoms with E-state index in [1.807, 2.05) is 0 Å². The third kappa shape index (κ3) is 4.54. The fourth-order valence-electron chi connectivity index (χ4n) is 1.62. The van der Waals surface area contributed by atoms with Gasteiger partial charge in [-0.25, -0.2) is 8.42 Å². The number of amides is 1. The summed E-state index contributed by atoms with van der Waals surface area (Å²) in [6.45, 7) is 1.41. The lowest BCUT2D eigenvalue weighted by atomic mass is 10.1. The standard InChI is InChI=1S/C12H16N2O5S/c1-3-14(8-11(15)16)12(17)9-6-4-5-7-10(9)13-20(2,18)19/h4-7,13H,3,8H2,1-2H3,(H,15,16). The molecule has 0 atom stereocenters. The minimum atomic E-state index is -3.53. The lowest BCUT2D eigenvalue weighted by Crippen LogP contribution is -2.36. The number of aliphatic carboxylic acids is 1. The smallest absolute Gasteiger partial charge is 0.323 e. The highest BCUT2D eigenvalue weighted by Gasteiger charge is 2.20. The molecule has 7 nitrogen and oxygen atoms in total. The van der Waals surface area contributed by atoms with Gasteiger partial charge in [-0.3, -0.25) is 14.3 Å². The maximum absolute atomic E-state index is 12.2. The number of para-hydroxylation sites is 1. The predicted octanol–water partition coefficient (Wildman–Crippen LogP) is 0.605. The molecule has 0 fully saturated rings. The van der Waals surface area contributed by atoms with Gasteiger partial charge in [0, 0.05) is 6.54 Å². The van der Waals surface area contributed by atoms with Crippen molar-refractivity contribution in [2.75, 3.05) is 24.1 Å². The largest absolute Gasteiger partial charge is 0.480 e. The fraction of sp³-hybridized carbons (Fsp3) is 0.333. The zero-order valence-corrected chi connectivity index (χ0v) is 12.0. The molecule has 0 unspecified atom stereocenters. The van der Waals surface area contributed by atoms with Crippen molar-refractivity contribution in [3.63, 3.8) is 0 Å². The van der Waals surface area contributed by atoms with Crippen molar-refractivity contribution in [1.29, 1.82) is 0 Å². The summed E-state index contributed by atoms with van der Waals surface area (Å²) in [7, 11) is -3.53. The van der Waals surface area contributed by atoms with Crippen LogP contribution >= 0.6 is 0 Å². The number of likely N-dealkylation sites (N-methyl/N-ethyl adjacent to an activating group) is 1. The molecule has 0 saturated heterocycles. The van der Waals surface area contributed by atoms with Crippen molar-refractivity contribution < 1.29 is 23.1 Å². The first-order chi connectivity index (χ1) is 9.24. The molecule has 0 aromatic heterocycles. The minimum absolute atomic E-state index is 0.112. The Hall–Kier alpha value is -2.09. The van der Waals surface area contributed by atoms with Crippen molar-refractivity contribution in [3.8, 4) is 0 Å². The summed E-state index contributed by atoms with van der Waals surface area (Å²) in [5.74, 6) is -1.67. The molecule has 2 N–H and O–H groups in total. The SMILES string of the molecule is CCN(CC(=O)O)C(=O)c1ccccc1NS(C)(=O)=O. The first-order valence-corrected chi connectivity index (χ1v) is 7.71. The Morgan fingerprint density at radius 1 is 1.30 bits per heavy atom. The van der Waals surface area contributed by atoms with Gasteiger partial charge in [0.2, 0.25) is 10.0 Å². The molecule has 1 aromatic carbocycles. The van der Waals surface area contributed by atoms with Crippen LogP contribution < -0.4 is 4.72 Å². The van der Waals surface area contributed by atoms with E-state index in [1.54, 1.807) is 19.1 Å². The lowest BCUT2D eigenvalue weighted by molar-refractivity contribution is -0.137. The number of sulfonamides is 1. The number of nitrogens with one attached hydrogen (secondary N) is 1. The van der Waals surface area contributed by atoms with Gasteiger partial charge in [0.05, 0.1) is 17.5 Å². The molecule has 1 aromatic rings. The second-order valence-corrected chi connectivity index (χ2v) is 5.88. The number of nitrogens with zero attached hydrogens (tertiary/aromatic N) is 1. The molecule has 0 heterocycles. The highest BCUT2D eigenvalue weighted by molar-refractivity contribution is 7.92. The number of hydrogen-bond donors (Lipinski definition) is 2. The van der Waals surface area contributed by atoms with Gasteiger partial charge < -0.3 is 10.0 Å². The molecule has 0 aliphatic carbocycles. The molecule has 8 heteroatoms. The quantitative estimate of drug-likeness (QED) is 0.801. The molecule has 0 aliphatic rings. The van der Waals surface area contributed by atoms with Crippen molar-refractivity contribution in [2.24, 2.45) is 0 Å². The zero-order chi connectivity index (χ0) is 15.3. The highest BCUT2D eigenvalue weighted by atomic mass is 32.2. The van der Waals surface area contributed by atoms with Crippen LogP contribution in [-0.2, 0) is 14.8 Å². The van der Waals surface area contributed by atoms with Gasteiger partial charge in [0.1, 0.15) is 6.54 Å². The van der Waals surface area contributed by atoms with E-state index in [2.05, 4.69) is 4.72 Å². The predicted molar refractivity (Wildman–Crippen MR) is 74.1 cm³/mol. The number of carbonyl (C=O) groups is 2. The number of rotatable bonds is 6. The van der Waals surface area contributed by atoms with Crippen LogP contribution in [0.1, 0.15) is 17.3 Å². The number of hydrogen-bond acceptors (Lipinski definition) is 4. The second kappa shape index (κ2) is 6.38. The van der Waals surface area contributed by atoms with Crippen LogP contribution in [0.3, 0.4) is 0 Å². The first kappa shape index (κ1) is 16.0. The Balaban J connectivity index is 3.12. The van der Waals surface area contributed by atoms with E-state index in [9.17, 15) is 18.0 Å². The Bertz CT molecular complexity index is 612. The zero-order valence-electron chi connectivity index (χ0n) is 11.2. The van der Waals surface area contributed by atoms with Crippen molar-refractivity contribution in [3.05, 3.63) is 29.8 Å². The van der Waals surface area contributed by atoms with Crippen LogP contribution in [0.4, 0.5) is 5.69 Å². The van der Waals surface area contributed by atoms with E-state index in [4.69, 9.17) is 5.11 Å².